The molecule has 0 aliphatic rings. The second-order valence-corrected chi connectivity index (χ2v) is 15.1. The summed E-state index contributed by atoms with van der Waals surface area (Å²) in [5.74, 6) is -0.0836. The molecule has 4 aromatic rings. The standard InChI is InChI=1S/C50H56O11/c1-35(2)47(52)58-33-50(6,34-59-48(53)36(3)4)28-31-57-43-21-17-40(18-22-43)39-15-12-38(13-16-39)14-27-46(51)61-45-26-25-44(32-37(45)5)60-49(54)41-19-23-42(24-20-41)56-30-11-9-8-10-29-55-7/h12-27,32H,1,3,8-11,28-31,33-34H2,2,4-7H3/b27-14+. The molecule has 0 N–H and O–H groups in total. The van der Waals surface area contributed by atoms with Crippen LogP contribution in [0.1, 0.15) is 74.4 Å². The number of methoxy groups -OCH3 is 1. The summed E-state index contributed by atoms with van der Waals surface area (Å²) >= 11 is 0. The number of hydrogen-bond acceptors (Lipinski definition) is 11. The number of carbonyl (C=O) groups is 4. The van der Waals surface area contributed by atoms with E-state index in [1.807, 2.05) is 55.5 Å². The SMILES string of the molecule is C=C(C)C(=O)OCC(C)(CCOc1ccc(-c2ccc(/C=C/C(=O)Oc3ccc(OC(=O)c4ccc(OCCCCCCOC)cc4)cc3C)cc2)cc1)COC(=O)C(=C)C. The lowest BCUT2D eigenvalue weighted by molar-refractivity contribution is -0.149. The highest BCUT2D eigenvalue weighted by molar-refractivity contribution is 5.91. The summed E-state index contributed by atoms with van der Waals surface area (Å²) in [6.45, 7) is 15.7. The summed E-state index contributed by atoms with van der Waals surface area (Å²) in [5, 5.41) is 0. The van der Waals surface area contributed by atoms with E-state index in [9.17, 15) is 19.2 Å². The molecule has 322 valence electrons. The second kappa shape index (κ2) is 24.0. The Morgan fingerprint density at radius 3 is 1.72 bits per heavy atom. The minimum absolute atomic E-state index is 0.0238. The number of carbonyl (C=O) groups excluding carboxylic acids is 4. The third-order valence-corrected chi connectivity index (χ3v) is 9.45. The Labute approximate surface area is 358 Å². The fourth-order valence-electron chi connectivity index (χ4n) is 5.71. The van der Waals surface area contributed by atoms with Crippen molar-refractivity contribution in [3.8, 4) is 34.1 Å². The van der Waals surface area contributed by atoms with Gasteiger partial charge in [0.05, 0.1) is 18.8 Å². The molecule has 0 heterocycles. The molecular formula is C50H56O11. The van der Waals surface area contributed by atoms with Crippen LogP contribution >= 0.6 is 0 Å². The quantitative estimate of drug-likeness (QED) is 0.0289. The highest BCUT2D eigenvalue weighted by Crippen LogP contribution is 2.28. The monoisotopic (exact) mass is 832 g/mol. The zero-order chi connectivity index (χ0) is 44.2. The highest BCUT2D eigenvalue weighted by atomic mass is 16.6. The molecule has 0 unspecified atom stereocenters. The van der Waals surface area contributed by atoms with Gasteiger partial charge in [0.15, 0.2) is 0 Å². The van der Waals surface area contributed by atoms with Crippen LogP contribution in [0.5, 0.6) is 23.0 Å². The third-order valence-electron chi connectivity index (χ3n) is 9.45. The van der Waals surface area contributed by atoms with E-state index in [2.05, 4.69) is 13.2 Å². The van der Waals surface area contributed by atoms with E-state index in [0.29, 0.717) is 53.8 Å². The van der Waals surface area contributed by atoms with Crippen LogP contribution in [-0.2, 0) is 28.6 Å². The molecule has 0 radical (unpaired) electrons. The third kappa shape index (κ3) is 16.3. The van der Waals surface area contributed by atoms with E-state index in [1.54, 1.807) is 76.4 Å². The Hall–Kier alpha value is -6.46. The number of unbranched alkanes of at least 4 members (excludes halogenated alkanes) is 3. The lowest BCUT2D eigenvalue weighted by Gasteiger charge is -2.28. The summed E-state index contributed by atoms with van der Waals surface area (Å²) in [6.07, 6.45) is 7.62. The van der Waals surface area contributed by atoms with Gasteiger partial charge in [-0.05, 0) is 129 Å². The summed E-state index contributed by atoms with van der Waals surface area (Å²) in [6, 6.07) is 26.9. The Morgan fingerprint density at radius 2 is 1.16 bits per heavy atom. The topological polar surface area (TPSA) is 133 Å². The molecule has 0 saturated heterocycles. The Balaban J connectivity index is 1.23. The molecule has 0 spiro atoms. The predicted molar refractivity (Wildman–Crippen MR) is 235 cm³/mol. The van der Waals surface area contributed by atoms with Gasteiger partial charge < -0.3 is 33.2 Å². The van der Waals surface area contributed by atoms with E-state index in [-0.39, 0.29) is 24.4 Å². The molecule has 0 atom stereocenters. The number of hydrogen-bond donors (Lipinski definition) is 0. The van der Waals surface area contributed by atoms with Crippen molar-refractivity contribution in [3.63, 3.8) is 0 Å². The van der Waals surface area contributed by atoms with Crippen molar-refractivity contribution in [1.82, 2.24) is 0 Å². The molecule has 0 aliphatic carbocycles. The minimum Gasteiger partial charge on any atom is -0.494 e. The fourth-order valence-corrected chi connectivity index (χ4v) is 5.71. The van der Waals surface area contributed by atoms with E-state index in [4.69, 9.17) is 33.2 Å². The zero-order valence-corrected chi connectivity index (χ0v) is 35.8. The van der Waals surface area contributed by atoms with Crippen LogP contribution in [0.2, 0.25) is 0 Å². The van der Waals surface area contributed by atoms with Gasteiger partial charge in [-0.25, -0.2) is 19.2 Å². The van der Waals surface area contributed by atoms with E-state index in [1.165, 1.54) is 6.08 Å². The molecule has 0 aliphatic heterocycles. The first kappa shape index (κ1) is 47.2. The molecule has 0 aromatic heterocycles. The van der Waals surface area contributed by atoms with Crippen molar-refractivity contribution in [2.75, 3.05) is 40.1 Å². The maximum atomic E-state index is 12.8. The molecule has 0 fully saturated rings. The van der Waals surface area contributed by atoms with Gasteiger partial charge in [0.25, 0.3) is 0 Å². The fraction of sp³-hybridized carbons (Fsp3) is 0.320. The average molecular weight is 833 g/mol. The number of ether oxygens (including phenoxy) is 7. The number of rotatable bonds is 24. The van der Waals surface area contributed by atoms with Crippen molar-refractivity contribution in [2.24, 2.45) is 5.41 Å². The molecular weight excluding hydrogens is 777 g/mol. The van der Waals surface area contributed by atoms with E-state index < -0.39 is 29.3 Å². The summed E-state index contributed by atoms with van der Waals surface area (Å²) in [5.41, 5.74) is 3.62. The molecule has 0 saturated carbocycles. The summed E-state index contributed by atoms with van der Waals surface area (Å²) in [4.78, 5) is 49.5. The largest absolute Gasteiger partial charge is 0.494 e. The van der Waals surface area contributed by atoms with Crippen LogP contribution in [-0.4, -0.2) is 64.0 Å². The van der Waals surface area contributed by atoms with Gasteiger partial charge in [-0.3, -0.25) is 0 Å². The normalized spacial score (nSPS) is 11.1. The molecule has 11 heteroatoms. The Kier molecular flexibility index (Phi) is 18.5. The maximum absolute atomic E-state index is 12.8. The zero-order valence-electron chi connectivity index (χ0n) is 35.8. The minimum atomic E-state index is -0.693. The molecule has 0 bridgehead atoms. The molecule has 61 heavy (non-hydrogen) atoms. The van der Waals surface area contributed by atoms with Crippen molar-refractivity contribution in [3.05, 3.63) is 138 Å². The Bertz CT molecular complexity index is 2100. The van der Waals surface area contributed by atoms with Gasteiger partial charge in [-0.1, -0.05) is 62.9 Å². The van der Waals surface area contributed by atoms with Crippen molar-refractivity contribution >= 4 is 30.0 Å². The van der Waals surface area contributed by atoms with Gasteiger partial charge in [-0.2, -0.15) is 0 Å². The molecule has 4 rings (SSSR count). The number of benzene rings is 4. The Morgan fingerprint density at radius 1 is 0.639 bits per heavy atom. The highest BCUT2D eigenvalue weighted by Gasteiger charge is 2.29. The first-order valence-electron chi connectivity index (χ1n) is 20.2. The lowest BCUT2D eigenvalue weighted by Crippen LogP contribution is -2.33. The maximum Gasteiger partial charge on any atom is 0.343 e. The van der Waals surface area contributed by atoms with Gasteiger partial charge >= 0.3 is 23.9 Å². The number of esters is 4. The van der Waals surface area contributed by atoms with E-state index in [0.717, 1.165) is 49.0 Å². The van der Waals surface area contributed by atoms with Crippen LogP contribution in [0, 0.1) is 12.3 Å². The van der Waals surface area contributed by atoms with Crippen LogP contribution in [0.25, 0.3) is 17.2 Å². The van der Waals surface area contributed by atoms with Gasteiger partial charge in [0, 0.05) is 36.4 Å². The summed E-state index contributed by atoms with van der Waals surface area (Å²) in [7, 11) is 1.71. The molecule has 4 aromatic carbocycles. The summed E-state index contributed by atoms with van der Waals surface area (Å²) < 4.78 is 38.7. The van der Waals surface area contributed by atoms with Gasteiger partial charge in [-0.15, -0.1) is 0 Å². The van der Waals surface area contributed by atoms with E-state index >= 15 is 0 Å². The smallest absolute Gasteiger partial charge is 0.343 e. The van der Waals surface area contributed by atoms with Gasteiger partial charge in [0.2, 0.25) is 0 Å². The van der Waals surface area contributed by atoms with Crippen LogP contribution in [0.15, 0.2) is 121 Å². The molecule has 0 amide bonds. The second-order valence-electron chi connectivity index (χ2n) is 15.1. The first-order chi connectivity index (χ1) is 29.2. The van der Waals surface area contributed by atoms with Crippen LogP contribution < -0.4 is 18.9 Å². The van der Waals surface area contributed by atoms with Crippen molar-refractivity contribution < 1.29 is 52.3 Å². The number of aryl methyl sites for hydroxylation is 1. The van der Waals surface area contributed by atoms with Gasteiger partial charge in [0.1, 0.15) is 36.2 Å². The van der Waals surface area contributed by atoms with Crippen molar-refractivity contribution in [1.29, 1.82) is 0 Å². The van der Waals surface area contributed by atoms with Crippen LogP contribution in [0.3, 0.4) is 0 Å². The predicted octanol–water partition coefficient (Wildman–Crippen LogP) is 10.1. The average Bonchev–Trinajstić information content (AvgIpc) is 3.25. The lowest BCUT2D eigenvalue weighted by atomic mass is 9.89. The van der Waals surface area contributed by atoms with Crippen LogP contribution in [0.4, 0.5) is 0 Å². The van der Waals surface area contributed by atoms with Crippen molar-refractivity contribution in [2.45, 2.75) is 59.8 Å². The molecule has 11 nitrogen and oxygen atoms in total. The first-order valence-corrected chi connectivity index (χ1v) is 20.2.